The minimum atomic E-state index is 0.179. The van der Waals surface area contributed by atoms with Gasteiger partial charge in [-0.05, 0) is 73.7 Å². The van der Waals surface area contributed by atoms with E-state index >= 15 is 0 Å². The van der Waals surface area contributed by atoms with Gasteiger partial charge in [0.05, 0.1) is 0 Å². The lowest BCUT2D eigenvalue weighted by Gasteiger charge is -2.45. The molecule has 0 N–H and O–H groups in total. The van der Waals surface area contributed by atoms with Crippen LogP contribution in [0.4, 0.5) is 0 Å². The Morgan fingerprint density at radius 1 is 0.913 bits per heavy atom. The molecule has 4 bridgehead atoms. The molecule has 23 heavy (non-hydrogen) atoms. The summed E-state index contributed by atoms with van der Waals surface area (Å²) < 4.78 is 0. The molecule has 2 saturated carbocycles. The van der Waals surface area contributed by atoms with Gasteiger partial charge in [0, 0.05) is 11.8 Å². The van der Waals surface area contributed by atoms with Gasteiger partial charge in [-0.15, -0.1) is 0 Å². The summed E-state index contributed by atoms with van der Waals surface area (Å²) in [6, 6.07) is 0. The average molecular weight is 306 g/mol. The van der Waals surface area contributed by atoms with Gasteiger partial charge in [0.15, 0.2) is 5.78 Å². The number of ketones is 1. The lowest BCUT2D eigenvalue weighted by atomic mass is 9.59. The van der Waals surface area contributed by atoms with Crippen molar-refractivity contribution >= 4 is 5.78 Å². The van der Waals surface area contributed by atoms with Crippen LogP contribution in [0.15, 0.2) is 35.5 Å². The van der Waals surface area contributed by atoms with Crippen molar-refractivity contribution < 1.29 is 4.79 Å². The van der Waals surface area contributed by atoms with E-state index in [1.165, 1.54) is 51.4 Å². The fourth-order valence-electron chi connectivity index (χ4n) is 7.89. The summed E-state index contributed by atoms with van der Waals surface area (Å²) in [6.45, 7) is 0. The van der Waals surface area contributed by atoms with Crippen LogP contribution >= 0.6 is 0 Å². The number of carbonyl (C=O) groups is 1. The van der Waals surface area contributed by atoms with Crippen LogP contribution in [0.25, 0.3) is 0 Å². The van der Waals surface area contributed by atoms with Crippen LogP contribution in [0.5, 0.6) is 0 Å². The Balaban J connectivity index is 1.61. The molecule has 1 nitrogen and oxygen atoms in total. The first-order valence-corrected chi connectivity index (χ1v) is 9.94. The third kappa shape index (κ3) is 1.44. The van der Waals surface area contributed by atoms with Gasteiger partial charge < -0.3 is 0 Å². The number of rotatable bonds is 0. The summed E-state index contributed by atoms with van der Waals surface area (Å²) >= 11 is 0. The zero-order valence-corrected chi connectivity index (χ0v) is 13.8. The molecule has 2 fully saturated rings. The van der Waals surface area contributed by atoms with E-state index in [4.69, 9.17) is 0 Å². The third-order valence-corrected chi connectivity index (χ3v) is 8.46. The standard InChI is InChI=1S/C22H26O/c23-17-10-8-14-7-9-16(17)21-19(14)18-13-3-5-15(6-4-13)20(18)22(21)11-1-2-12-22/h7-10,13-16,19,21H,1-6,11-12H2/t13?,14-,15?,16-,19-,21-/m1/s1. The summed E-state index contributed by atoms with van der Waals surface area (Å²) in [5.74, 6) is 4.10. The molecule has 0 aliphatic heterocycles. The van der Waals surface area contributed by atoms with Crippen molar-refractivity contribution in [2.75, 3.05) is 0 Å². The van der Waals surface area contributed by atoms with E-state index in [-0.39, 0.29) is 5.92 Å². The number of carbonyl (C=O) groups excluding carboxylic acids is 1. The van der Waals surface area contributed by atoms with Gasteiger partial charge in [-0.2, -0.15) is 0 Å². The monoisotopic (exact) mass is 306 g/mol. The van der Waals surface area contributed by atoms with Crippen LogP contribution in [0, 0.1) is 40.9 Å². The van der Waals surface area contributed by atoms with E-state index in [0.29, 0.717) is 29.0 Å². The minimum absolute atomic E-state index is 0.179. The molecule has 1 spiro atoms. The summed E-state index contributed by atoms with van der Waals surface area (Å²) in [5, 5.41) is 0. The first-order valence-electron chi connectivity index (χ1n) is 9.94. The van der Waals surface area contributed by atoms with E-state index in [2.05, 4.69) is 18.2 Å². The fraction of sp³-hybridized carbons (Fsp3) is 0.682. The molecule has 120 valence electrons. The van der Waals surface area contributed by atoms with Gasteiger partial charge in [-0.25, -0.2) is 0 Å². The molecule has 0 amide bonds. The first kappa shape index (κ1) is 13.2. The van der Waals surface area contributed by atoms with Gasteiger partial charge >= 0.3 is 0 Å². The van der Waals surface area contributed by atoms with Gasteiger partial charge in [0.1, 0.15) is 0 Å². The second-order valence-corrected chi connectivity index (χ2v) is 9.08. The maximum absolute atomic E-state index is 12.8. The maximum atomic E-state index is 12.8. The van der Waals surface area contributed by atoms with Crippen LogP contribution in [-0.4, -0.2) is 5.78 Å². The van der Waals surface area contributed by atoms with Crippen molar-refractivity contribution in [3.63, 3.8) is 0 Å². The Bertz CT molecular complexity index is 664. The molecule has 8 rings (SSSR count). The zero-order valence-electron chi connectivity index (χ0n) is 13.8. The second kappa shape index (κ2) is 4.29. The molecule has 0 aromatic heterocycles. The smallest absolute Gasteiger partial charge is 0.162 e. The first-order chi connectivity index (χ1) is 11.3. The molecule has 8 aliphatic carbocycles. The van der Waals surface area contributed by atoms with Crippen LogP contribution in [0.2, 0.25) is 0 Å². The Labute approximate surface area is 138 Å². The SMILES string of the molecule is O=C1C=C[C@H]2C=C[C@H]1[C@@H]1[C@H]2C2=C(C3CCC2CC3)C12CCCC2. The van der Waals surface area contributed by atoms with Crippen molar-refractivity contribution in [1.82, 2.24) is 0 Å². The molecular weight excluding hydrogens is 280 g/mol. The summed E-state index contributed by atoms with van der Waals surface area (Å²) in [6.07, 6.45) is 20.1. The molecule has 0 heterocycles. The summed E-state index contributed by atoms with van der Waals surface area (Å²) in [4.78, 5) is 12.8. The van der Waals surface area contributed by atoms with Crippen molar-refractivity contribution in [3.05, 3.63) is 35.5 Å². The molecule has 0 saturated heterocycles. The topological polar surface area (TPSA) is 17.1 Å². The largest absolute Gasteiger partial charge is 0.294 e. The molecule has 0 unspecified atom stereocenters. The average Bonchev–Trinajstić information content (AvgIpc) is 3.12. The predicted molar refractivity (Wildman–Crippen MR) is 90.6 cm³/mol. The zero-order chi connectivity index (χ0) is 15.2. The van der Waals surface area contributed by atoms with Gasteiger partial charge in [-0.1, -0.05) is 42.2 Å². The second-order valence-electron chi connectivity index (χ2n) is 9.08. The van der Waals surface area contributed by atoms with Crippen molar-refractivity contribution in [2.45, 2.75) is 51.4 Å². The summed E-state index contributed by atoms with van der Waals surface area (Å²) in [5.41, 5.74) is 4.23. The van der Waals surface area contributed by atoms with Crippen molar-refractivity contribution in [3.8, 4) is 0 Å². The highest BCUT2D eigenvalue weighted by molar-refractivity contribution is 5.94. The number of allylic oxidation sites excluding steroid dienone is 6. The number of hydrogen-bond donors (Lipinski definition) is 0. The Hall–Kier alpha value is -1.11. The molecule has 0 radical (unpaired) electrons. The van der Waals surface area contributed by atoms with E-state index < -0.39 is 0 Å². The van der Waals surface area contributed by atoms with Crippen molar-refractivity contribution in [1.29, 1.82) is 0 Å². The Kier molecular flexibility index (Phi) is 2.46. The van der Waals surface area contributed by atoms with Gasteiger partial charge in [0.2, 0.25) is 0 Å². The highest BCUT2D eigenvalue weighted by atomic mass is 16.1. The molecule has 4 atom stereocenters. The Morgan fingerprint density at radius 2 is 1.65 bits per heavy atom. The highest BCUT2D eigenvalue weighted by Crippen LogP contribution is 2.71. The molecule has 0 aromatic carbocycles. The molecule has 8 aliphatic rings. The van der Waals surface area contributed by atoms with Crippen LogP contribution in [0.3, 0.4) is 0 Å². The fourth-order valence-corrected chi connectivity index (χ4v) is 7.89. The van der Waals surface area contributed by atoms with E-state index in [9.17, 15) is 4.79 Å². The van der Waals surface area contributed by atoms with Crippen LogP contribution < -0.4 is 0 Å². The normalized spacial score (nSPS) is 48.3. The lowest BCUT2D eigenvalue weighted by molar-refractivity contribution is -0.120. The maximum Gasteiger partial charge on any atom is 0.162 e. The van der Waals surface area contributed by atoms with Crippen molar-refractivity contribution in [2.24, 2.45) is 40.9 Å². The van der Waals surface area contributed by atoms with Gasteiger partial charge in [0.25, 0.3) is 0 Å². The van der Waals surface area contributed by atoms with E-state index in [0.717, 1.165) is 11.8 Å². The van der Waals surface area contributed by atoms with E-state index in [1.807, 2.05) is 17.2 Å². The minimum Gasteiger partial charge on any atom is -0.294 e. The van der Waals surface area contributed by atoms with E-state index in [1.54, 1.807) is 0 Å². The highest BCUT2D eigenvalue weighted by Gasteiger charge is 2.63. The third-order valence-electron chi connectivity index (χ3n) is 8.46. The molecule has 0 aromatic rings. The van der Waals surface area contributed by atoms with Crippen LogP contribution in [0.1, 0.15) is 51.4 Å². The Morgan fingerprint density at radius 3 is 2.43 bits per heavy atom. The number of fused-ring (bicyclic) bond motifs is 3. The quantitative estimate of drug-likeness (QED) is 0.585. The number of hydrogen-bond acceptors (Lipinski definition) is 1. The molecule has 1 heteroatoms. The lowest BCUT2D eigenvalue weighted by Crippen LogP contribution is -2.40. The van der Waals surface area contributed by atoms with Gasteiger partial charge in [-0.3, -0.25) is 4.79 Å². The summed E-state index contributed by atoms with van der Waals surface area (Å²) in [7, 11) is 0. The predicted octanol–water partition coefficient (Wildman–Crippen LogP) is 4.85. The van der Waals surface area contributed by atoms with Crippen LogP contribution in [-0.2, 0) is 4.79 Å². The molecular formula is C22H26O.